The molecule has 0 heterocycles. The molecule has 2 aliphatic carbocycles. The predicted octanol–water partition coefficient (Wildman–Crippen LogP) is 5.25. The Morgan fingerprint density at radius 2 is 1.75 bits per heavy atom. The minimum Gasteiger partial charge on any atom is -0.316 e. The van der Waals surface area contributed by atoms with Gasteiger partial charge in [-0.15, -0.1) is 0 Å². The summed E-state index contributed by atoms with van der Waals surface area (Å²) in [6, 6.07) is 0. The van der Waals surface area contributed by atoms with Crippen molar-refractivity contribution in [2.75, 3.05) is 13.1 Å². The first-order valence-electron chi connectivity index (χ1n) is 9.17. The number of hydrogen-bond acceptors (Lipinski definition) is 1. The first kappa shape index (κ1) is 16.3. The summed E-state index contributed by atoms with van der Waals surface area (Å²) in [5.74, 6) is 3.77. The Morgan fingerprint density at radius 1 is 1.05 bits per heavy atom. The van der Waals surface area contributed by atoms with Crippen LogP contribution < -0.4 is 5.32 Å². The maximum atomic E-state index is 3.74. The molecule has 1 nitrogen and oxygen atoms in total. The molecule has 0 aromatic rings. The van der Waals surface area contributed by atoms with Crippen molar-refractivity contribution in [3.63, 3.8) is 0 Å². The van der Waals surface area contributed by atoms with E-state index in [1.54, 1.807) is 0 Å². The zero-order valence-electron chi connectivity index (χ0n) is 14.4. The second kappa shape index (κ2) is 7.29. The van der Waals surface area contributed by atoms with Crippen molar-refractivity contribution in [1.29, 1.82) is 0 Å². The van der Waals surface area contributed by atoms with Crippen LogP contribution in [-0.4, -0.2) is 13.1 Å². The van der Waals surface area contributed by atoms with Crippen molar-refractivity contribution >= 4 is 0 Å². The second-order valence-electron chi connectivity index (χ2n) is 8.87. The van der Waals surface area contributed by atoms with Gasteiger partial charge in [0.05, 0.1) is 0 Å². The predicted molar refractivity (Wildman–Crippen MR) is 88.9 cm³/mol. The Labute approximate surface area is 127 Å². The van der Waals surface area contributed by atoms with E-state index >= 15 is 0 Å². The van der Waals surface area contributed by atoms with Crippen LogP contribution in [0.5, 0.6) is 0 Å². The Bertz CT molecular complexity index is 275. The lowest BCUT2D eigenvalue weighted by atomic mass is 9.65. The van der Waals surface area contributed by atoms with E-state index in [-0.39, 0.29) is 0 Å². The second-order valence-corrected chi connectivity index (χ2v) is 8.87. The van der Waals surface area contributed by atoms with Crippen LogP contribution in [0.3, 0.4) is 0 Å². The molecule has 0 bridgehead atoms. The van der Waals surface area contributed by atoms with Gasteiger partial charge >= 0.3 is 0 Å². The molecular formula is C19H37N. The van der Waals surface area contributed by atoms with E-state index in [1.807, 2.05) is 0 Å². The van der Waals surface area contributed by atoms with Crippen molar-refractivity contribution in [2.24, 2.45) is 29.1 Å². The van der Waals surface area contributed by atoms with Gasteiger partial charge in [-0.25, -0.2) is 0 Å². The molecule has 0 radical (unpaired) electrons. The third kappa shape index (κ3) is 5.06. The standard InChI is InChI=1S/C19H37N/c1-15(2)13-20-14-17-9-10-19(3,4)12-18(17)11-16-7-5-6-8-16/h15-18,20H,5-14H2,1-4H3. The number of nitrogens with one attached hydrogen (secondary N) is 1. The summed E-state index contributed by atoms with van der Waals surface area (Å²) in [6.07, 6.45) is 11.9. The zero-order valence-corrected chi connectivity index (χ0v) is 14.4. The molecular weight excluding hydrogens is 242 g/mol. The van der Waals surface area contributed by atoms with E-state index in [1.165, 1.54) is 64.5 Å². The number of hydrogen-bond donors (Lipinski definition) is 1. The Kier molecular flexibility index (Phi) is 5.95. The lowest BCUT2D eigenvalue weighted by Crippen LogP contribution is -2.37. The van der Waals surface area contributed by atoms with Gasteiger partial charge in [-0.05, 0) is 67.9 Å². The van der Waals surface area contributed by atoms with Crippen LogP contribution in [-0.2, 0) is 0 Å². The van der Waals surface area contributed by atoms with Crippen molar-refractivity contribution < 1.29 is 0 Å². The van der Waals surface area contributed by atoms with Crippen molar-refractivity contribution in [3.05, 3.63) is 0 Å². The van der Waals surface area contributed by atoms with Crippen molar-refractivity contribution in [1.82, 2.24) is 5.32 Å². The lowest BCUT2D eigenvalue weighted by molar-refractivity contribution is 0.0969. The molecule has 118 valence electrons. The molecule has 0 aromatic carbocycles. The highest BCUT2D eigenvalue weighted by Crippen LogP contribution is 2.45. The molecule has 1 N–H and O–H groups in total. The van der Waals surface area contributed by atoms with Gasteiger partial charge in [-0.1, -0.05) is 53.4 Å². The molecule has 0 aliphatic heterocycles. The summed E-state index contributed by atoms with van der Waals surface area (Å²) in [7, 11) is 0. The van der Waals surface area contributed by atoms with Crippen LogP contribution in [0.15, 0.2) is 0 Å². The fourth-order valence-corrected chi connectivity index (χ4v) is 4.57. The largest absolute Gasteiger partial charge is 0.316 e. The van der Waals surface area contributed by atoms with Gasteiger partial charge in [0.15, 0.2) is 0 Å². The topological polar surface area (TPSA) is 12.0 Å². The van der Waals surface area contributed by atoms with Gasteiger partial charge in [-0.2, -0.15) is 0 Å². The van der Waals surface area contributed by atoms with E-state index in [0.29, 0.717) is 5.41 Å². The summed E-state index contributed by atoms with van der Waals surface area (Å²) in [5.41, 5.74) is 0.595. The summed E-state index contributed by atoms with van der Waals surface area (Å²) in [5, 5.41) is 3.74. The number of rotatable bonds is 6. The summed E-state index contributed by atoms with van der Waals surface area (Å²) < 4.78 is 0. The molecule has 20 heavy (non-hydrogen) atoms. The maximum absolute atomic E-state index is 3.74. The third-order valence-corrected chi connectivity index (χ3v) is 5.74. The molecule has 2 unspecified atom stereocenters. The van der Waals surface area contributed by atoms with Crippen LogP contribution in [0.4, 0.5) is 0 Å². The average molecular weight is 280 g/mol. The van der Waals surface area contributed by atoms with Gasteiger partial charge in [0.2, 0.25) is 0 Å². The highest BCUT2D eigenvalue weighted by Gasteiger charge is 2.36. The molecule has 2 aliphatic rings. The fourth-order valence-electron chi connectivity index (χ4n) is 4.57. The molecule has 2 atom stereocenters. The van der Waals surface area contributed by atoms with E-state index in [9.17, 15) is 0 Å². The average Bonchev–Trinajstić information content (AvgIpc) is 2.84. The van der Waals surface area contributed by atoms with Crippen LogP contribution in [0, 0.1) is 29.1 Å². The van der Waals surface area contributed by atoms with Crippen molar-refractivity contribution in [3.8, 4) is 0 Å². The monoisotopic (exact) mass is 279 g/mol. The van der Waals surface area contributed by atoms with E-state index in [4.69, 9.17) is 0 Å². The first-order valence-corrected chi connectivity index (χ1v) is 9.17. The molecule has 0 aromatic heterocycles. The smallest absolute Gasteiger partial charge is 0.00177 e. The van der Waals surface area contributed by atoms with Gasteiger partial charge in [0.1, 0.15) is 0 Å². The van der Waals surface area contributed by atoms with Crippen LogP contribution in [0.25, 0.3) is 0 Å². The molecule has 2 fully saturated rings. The van der Waals surface area contributed by atoms with Gasteiger partial charge in [0.25, 0.3) is 0 Å². The van der Waals surface area contributed by atoms with Gasteiger partial charge in [-0.3, -0.25) is 0 Å². The minimum atomic E-state index is 0.595. The van der Waals surface area contributed by atoms with Gasteiger partial charge in [0, 0.05) is 0 Å². The molecule has 0 amide bonds. The first-order chi connectivity index (χ1) is 9.46. The minimum absolute atomic E-state index is 0.595. The third-order valence-electron chi connectivity index (χ3n) is 5.74. The maximum Gasteiger partial charge on any atom is -0.00177 e. The van der Waals surface area contributed by atoms with Crippen molar-refractivity contribution in [2.45, 2.75) is 79.1 Å². The molecule has 1 heteroatoms. The zero-order chi connectivity index (χ0) is 14.6. The quantitative estimate of drug-likeness (QED) is 0.700. The van der Waals surface area contributed by atoms with Crippen LogP contribution >= 0.6 is 0 Å². The summed E-state index contributed by atoms with van der Waals surface area (Å²) >= 11 is 0. The highest BCUT2D eigenvalue weighted by atomic mass is 14.9. The fraction of sp³-hybridized carbons (Fsp3) is 1.00. The molecule has 0 spiro atoms. The Balaban J connectivity index is 1.85. The van der Waals surface area contributed by atoms with E-state index in [2.05, 4.69) is 33.0 Å². The molecule has 0 saturated heterocycles. The Morgan fingerprint density at radius 3 is 2.40 bits per heavy atom. The van der Waals surface area contributed by atoms with Gasteiger partial charge < -0.3 is 5.32 Å². The molecule has 2 saturated carbocycles. The summed E-state index contributed by atoms with van der Waals surface area (Å²) in [4.78, 5) is 0. The highest BCUT2D eigenvalue weighted by molar-refractivity contribution is 4.87. The molecule has 2 rings (SSSR count). The SMILES string of the molecule is CC(C)CNCC1CCC(C)(C)CC1CC1CCCC1. The normalized spacial score (nSPS) is 31.1. The van der Waals surface area contributed by atoms with E-state index in [0.717, 1.165) is 23.7 Å². The van der Waals surface area contributed by atoms with E-state index < -0.39 is 0 Å². The lowest BCUT2D eigenvalue weighted by Gasteiger charge is -2.42. The van der Waals surface area contributed by atoms with Crippen LogP contribution in [0.1, 0.15) is 79.1 Å². The summed E-state index contributed by atoms with van der Waals surface area (Å²) in [6.45, 7) is 12.1. The Hall–Kier alpha value is -0.0400. The van der Waals surface area contributed by atoms with Crippen LogP contribution in [0.2, 0.25) is 0 Å².